The van der Waals surface area contributed by atoms with Crippen LogP contribution in [-0.4, -0.2) is 34.1 Å². The number of aromatic nitrogens is 2. The average molecular weight is 295 g/mol. The van der Waals surface area contributed by atoms with Crippen LogP contribution in [0.4, 0.5) is 4.39 Å². The maximum Gasteiger partial charge on any atom is 0.178 e. The molecule has 1 aromatic heterocycles. The van der Waals surface area contributed by atoms with Crippen molar-refractivity contribution in [1.29, 1.82) is 0 Å². The van der Waals surface area contributed by atoms with Crippen LogP contribution in [0.15, 0.2) is 18.2 Å². The number of H-pyrrole nitrogens is 1. The molecule has 2 rings (SSSR count). The zero-order valence-corrected chi connectivity index (χ0v) is 13.1. The van der Waals surface area contributed by atoms with Gasteiger partial charge in [0.25, 0.3) is 0 Å². The number of fused-ring (bicyclic) bond motifs is 1. The zero-order chi connectivity index (χ0) is 14.7. The Labute approximate surface area is 124 Å². The lowest BCUT2D eigenvalue weighted by Gasteiger charge is -2.20. The van der Waals surface area contributed by atoms with Gasteiger partial charge in [-0.15, -0.1) is 0 Å². The van der Waals surface area contributed by atoms with Gasteiger partial charge in [0.2, 0.25) is 0 Å². The summed E-state index contributed by atoms with van der Waals surface area (Å²) in [4.78, 5) is 5.28. The highest BCUT2D eigenvalue weighted by molar-refractivity contribution is 7.71. The summed E-state index contributed by atoms with van der Waals surface area (Å²) in [5.41, 5.74) is 1.36. The Morgan fingerprint density at radius 2 is 2.10 bits per heavy atom. The van der Waals surface area contributed by atoms with Crippen LogP contribution in [0, 0.1) is 10.6 Å². The van der Waals surface area contributed by atoms with Crippen LogP contribution in [0.5, 0.6) is 0 Å². The van der Waals surface area contributed by atoms with Crippen molar-refractivity contribution in [3.63, 3.8) is 0 Å². The standard InChI is InChI=1S/C15H22FN3S/c1-11(2)18(3)9-4-5-10-19-13-8-6-7-12(16)14(13)17-15(19)20/h6-8,11H,4-5,9-10H2,1-3H3,(H,17,20). The van der Waals surface area contributed by atoms with Crippen molar-refractivity contribution in [1.82, 2.24) is 14.5 Å². The maximum atomic E-state index is 13.7. The molecule has 5 heteroatoms. The molecule has 0 spiro atoms. The largest absolute Gasteiger partial charge is 0.328 e. The Balaban J connectivity index is 2.02. The molecular formula is C15H22FN3S. The first-order chi connectivity index (χ1) is 9.50. The van der Waals surface area contributed by atoms with Gasteiger partial charge in [-0.1, -0.05) is 6.07 Å². The van der Waals surface area contributed by atoms with Gasteiger partial charge in [-0.25, -0.2) is 4.39 Å². The van der Waals surface area contributed by atoms with Crippen molar-refractivity contribution in [3.8, 4) is 0 Å². The lowest BCUT2D eigenvalue weighted by molar-refractivity contribution is 0.266. The third-order valence-electron chi connectivity index (χ3n) is 3.78. The minimum atomic E-state index is -0.244. The molecule has 110 valence electrons. The molecule has 0 aliphatic carbocycles. The van der Waals surface area contributed by atoms with E-state index >= 15 is 0 Å². The fourth-order valence-electron chi connectivity index (χ4n) is 2.26. The van der Waals surface area contributed by atoms with Crippen LogP contribution in [0.1, 0.15) is 26.7 Å². The van der Waals surface area contributed by atoms with E-state index in [1.165, 1.54) is 6.07 Å². The van der Waals surface area contributed by atoms with Gasteiger partial charge in [0.05, 0.1) is 5.52 Å². The number of nitrogens with zero attached hydrogens (tertiary/aromatic N) is 2. The van der Waals surface area contributed by atoms with Gasteiger partial charge in [-0.3, -0.25) is 0 Å². The number of aromatic amines is 1. The van der Waals surface area contributed by atoms with Crippen molar-refractivity contribution in [2.45, 2.75) is 39.3 Å². The first-order valence-corrected chi connectivity index (χ1v) is 7.49. The number of benzene rings is 1. The number of para-hydroxylation sites is 1. The van der Waals surface area contributed by atoms with Crippen molar-refractivity contribution in [2.24, 2.45) is 0 Å². The molecule has 3 nitrogen and oxygen atoms in total. The highest BCUT2D eigenvalue weighted by atomic mass is 32.1. The predicted octanol–water partition coefficient (Wildman–Crippen LogP) is 3.96. The quantitative estimate of drug-likeness (QED) is 0.644. The molecule has 1 aromatic carbocycles. The number of rotatable bonds is 6. The van der Waals surface area contributed by atoms with Crippen molar-refractivity contribution in [2.75, 3.05) is 13.6 Å². The van der Waals surface area contributed by atoms with Crippen LogP contribution >= 0.6 is 12.2 Å². The van der Waals surface area contributed by atoms with Gasteiger partial charge in [0.15, 0.2) is 4.77 Å². The smallest absolute Gasteiger partial charge is 0.178 e. The van der Waals surface area contributed by atoms with Gasteiger partial charge in [0, 0.05) is 12.6 Å². The van der Waals surface area contributed by atoms with Crippen LogP contribution in [-0.2, 0) is 6.54 Å². The molecule has 0 unspecified atom stereocenters. The van der Waals surface area contributed by atoms with Crippen molar-refractivity contribution < 1.29 is 4.39 Å². The van der Waals surface area contributed by atoms with Crippen molar-refractivity contribution >= 4 is 23.3 Å². The van der Waals surface area contributed by atoms with Crippen molar-refractivity contribution in [3.05, 3.63) is 28.8 Å². The van der Waals surface area contributed by atoms with Gasteiger partial charge >= 0.3 is 0 Å². The summed E-state index contributed by atoms with van der Waals surface area (Å²) in [6.45, 7) is 6.28. The Morgan fingerprint density at radius 3 is 2.80 bits per heavy atom. The van der Waals surface area contributed by atoms with E-state index in [2.05, 4.69) is 30.8 Å². The summed E-state index contributed by atoms with van der Waals surface area (Å²) < 4.78 is 16.3. The molecule has 20 heavy (non-hydrogen) atoms. The lowest BCUT2D eigenvalue weighted by atomic mass is 10.2. The number of unbranched alkanes of at least 4 members (excludes halogenated alkanes) is 1. The molecule has 1 heterocycles. The first-order valence-electron chi connectivity index (χ1n) is 7.08. The zero-order valence-electron chi connectivity index (χ0n) is 12.3. The number of imidazole rings is 1. The molecule has 0 aliphatic rings. The molecule has 0 saturated carbocycles. The predicted molar refractivity (Wildman–Crippen MR) is 84.1 cm³/mol. The lowest BCUT2D eigenvalue weighted by Crippen LogP contribution is -2.27. The molecule has 0 bridgehead atoms. The Kier molecular flexibility index (Phi) is 4.94. The average Bonchev–Trinajstić information content (AvgIpc) is 2.72. The topological polar surface area (TPSA) is 24.0 Å². The molecule has 0 aliphatic heterocycles. The summed E-state index contributed by atoms with van der Waals surface area (Å²) in [6.07, 6.45) is 2.15. The molecule has 1 N–H and O–H groups in total. The Bertz CT molecular complexity index is 630. The third kappa shape index (κ3) is 3.27. The van der Waals surface area contributed by atoms with Gasteiger partial charge < -0.3 is 14.5 Å². The van der Waals surface area contributed by atoms with E-state index in [1.54, 1.807) is 6.07 Å². The maximum absolute atomic E-state index is 13.7. The summed E-state index contributed by atoms with van der Waals surface area (Å²) in [7, 11) is 2.14. The monoisotopic (exact) mass is 295 g/mol. The Hall–Kier alpha value is -1.20. The van der Waals surface area contributed by atoms with E-state index in [0.717, 1.165) is 31.4 Å². The summed E-state index contributed by atoms with van der Waals surface area (Å²) >= 11 is 5.29. The van der Waals surface area contributed by atoms with Crippen LogP contribution < -0.4 is 0 Å². The summed E-state index contributed by atoms with van der Waals surface area (Å²) in [6, 6.07) is 5.66. The molecule has 0 amide bonds. The number of nitrogens with one attached hydrogen (secondary N) is 1. The van der Waals surface area contributed by atoms with E-state index in [0.29, 0.717) is 16.3 Å². The van der Waals surface area contributed by atoms with Crippen LogP contribution in [0.3, 0.4) is 0 Å². The number of aryl methyl sites for hydroxylation is 1. The minimum Gasteiger partial charge on any atom is -0.328 e. The highest BCUT2D eigenvalue weighted by Crippen LogP contribution is 2.17. The van der Waals surface area contributed by atoms with Gasteiger partial charge in [-0.05, 0) is 64.6 Å². The molecular weight excluding hydrogens is 273 g/mol. The molecule has 2 aromatic rings. The fraction of sp³-hybridized carbons (Fsp3) is 0.533. The van der Waals surface area contributed by atoms with Crippen LogP contribution in [0.25, 0.3) is 11.0 Å². The van der Waals surface area contributed by atoms with Crippen LogP contribution in [0.2, 0.25) is 0 Å². The van der Waals surface area contributed by atoms with E-state index in [4.69, 9.17) is 12.2 Å². The van der Waals surface area contributed by atoms with Gasteiger partial charge in [-0.2, -0.15) is 0 Å². The van der Waals surface area contributed by atoms with E-state index in [-0.39, 0.29) is 5.82 Å². The summed E-state index contributed by atoms with van der Waals surface area (Å²) in [5.74, 6) is -0.244. The van der Waals surface area contributed by atoms with Gasteiger partial charge in [0.1, 0.15) is 11.3 Å². The second-order valence-corrected chi connectivity index (χ2v) is 5.88. The van der Waals surface area contributed by atoms with E-state index in [9.17, 15) is 4.39 Å². The number of halogens is 1. The molecule has 0 atom stereocenters. The molecule has 0 saturated heterocycles. The summed E-state index contributed by atoms with van der Waals surface area (Å²) in [5, 5.41) is 0. The number of hydrogen-bond donors (Lipinski definition) is 1. The normalized spacial score (nSPS) is 11.9. The second kappa shape index (κ2) is 6.50. The SMILES string of the molecule is CC(C)N(C)CCCCn1c(=S)[nH]c2c(F)cccc21. The minimum absolute atomic E-state index is 0.244. The fourth-order valence-corrected chi connectivity index (χ4v) is 2.55. The first kappa shape index (κ1) is 15.2. The molecule has 0 radical (unpaired) electrons. The molecule has 0 fully saturated rings. The van der Waals surface area contributed by atoms with E-state index < -0.39 is 0 Å². The second-order valence-electron chi connectivity index (χ2n) is 5.50. The Morgan fingerprint density at radius 1 is 1.35 bits per heavy atom. The highest BCUT2D eigenvalue weighted by Gasteiger charge is 2.08. The van der Waals surface area contributed by atoms with E-state index in [1.807, 2.05) is 10.6 Å². The third-order valence-corrected chi connectivity index (χ3v) is 4.11. The number of hydrogen-bond acceptors (Lipinski definition) is 2.